The van der Waals surface area contributed by atoms with Crippen LogP contribution in [0.2, 0.25) is 0 Å². The Kier molecular flexibility index (Phi) is 6.90. The van der Waals surface area contributed by atoms with Gasteiger partial charge in [-0.15, -0.1) is 0 Å². The van der Waals surface area contributed by atoms with Gasteiger partial charge in [-0.05, 0) is 45.8 Å². The standard InChI is InChI=1S/C19H16BrF6NO/c1-11(18(21,22)23)9-14(28)10-15(17-16(20)3-2-8-27-17)12-4-6-13(7-5-12)19(24,25)26/h2-8,11,15H,9-10H2,1H3/t11-,15+/m1/s1. The van der Waals surface area contributed by atoms with Crippen molar-refractivity contribution >= 4 is 21.7 Å². The van der Waals surface area contributed by atoms with Crippen molar-refractivity contribution in [1.82, 2.24) is 4.98 Å². The summed E-state index contributed by atoms with van der Waals surface area (Å²) in [7, 11) is 0. The summed E-state index contributed by atoms with van der Waals surface area (Å²) in [5.74, 6) is -3.22. The number of aromatic nitrogens is 1. The van der Waals surface area contributed by atoms with Crippen molar-refractivity contribution in [3.8, 4) is 0 Å². The van der Waals surface area contributed by atoms with Gasteiger partial charge in [-0.2, -0.15) is 26.3 Å². The molecule has 0 radical (unpaired) electrons. The number of hydrogen-bond donors (Lipinski definition) is 0. The molecular weight excluding hydrogens is 452 g/mol. The van der Waals surface area contributed by atoms with E-state index in [1.165, 1.54) is 18.3 Å². The highest BCUT2D eigenvalue weighted by Gasteiger charge is 2.37. The number of pyridine rings is 1. The van der Waals surface area contributed by atoms with Crippen molar-refractivity contribution in [1.29, 1.82) is 0 Å². The van der Waals surface area contributed by atoms with Crippen LogP contribution in [0.1, 0.15) is 42.5 Å². The van der Waals surface area contributed by atoms with Gasteiger partial charge >= 0.3 is 12.4 Å². The van der Waals surface area contributed by atoms with E-state index in [0.29, 0.717) is 15.7 Å². The lowest BCUT2D eigenvalue weighted by Gasteiger charge is -2.20. The highest BCUT2D eigenvalue weighted by atomic mass is 79.9. The molecule has 152 valence electrons. The fraction of sp³-hybridized carbons (Fsp3) is 0.368. The third kappa shape index (κ3) is 5.80. The number of ketones is 1. The molecule has 0 amide bonds. The molecule has 28 heavy (non-hydrogen) atoms. The van der Waals surface area contributed by atoms with Crippen LogP contribution in [-0.2, 0) is 11.0 Å². The molecule has 2 rings (SSSR count). The van der Waals surface area contributed by atoms with Gasteiger partial charge < -0.3 is 0 Å². The summed E-state index contributed by atoms with van der Waals surface area (Å²) in [6.07, 6.45) is -8.57. The van der Waals surface area contributed by atoms with Gasteiger partial charge in [-0.1, -0.05) is 19.1 Å². The Balaban J connectivity index is 2.33. The molecular formula is C19H16BrF6NO. The second-order valence-electron chi connectivity index (χ2n) is 6.43. The van der Waals surface area contributed by atoms with Crippen molar-refractivity contribution in [2.45, 2.75) is 38.0 Å². The van der Waals surface area contributed by atoms with E-state index in [9.17, 15) is 31.1 Å². The zero-order valence-corrected chi connectivity index (χ0v) is 16.2. The fourth-order valence-corrected chi connectivity index (χ4v) is 3.23. The number of carbonyl (C=O) groups excluding carboxylic acids is 1. The average molecular weight is 468 g/mol. The van der Waals surface area contributed by atoms with Crippen LogP contribution in [0, 0.1) is 5.92 Å². The largest absolute Gasteiger partial charge is 0.416 e. The summed E-state index contributed by atoms with van der Waals surface area (Å²) in [6, 6.07) is 7.45. The topological polar surface area (TPSA) is 30.0 Å². The predicted molar refractivity (Wildman–Crippen MR) is 94.7 cm³/mol. The first-order chi connectivity index (χ1) is 12.9. The summed E-state index contributed by atoms with van der Waals surface area (Å²) >= 11 is 3.28. The summed E-state index contributed by atoms with van der Waals surface area (Å²) in [6.45, 7) is 0.918. The Labute approximate surface area is 166 Å². The summed E-state index contributed by atoms with van der Waals surface area (Å²) in [5.41, 5.74) is -0.122. The lowest BCUT2D eigenvalue weighted by molar-refractivity contribution is -0.173. The minimum atomic E-state index is -4.52. The number of alkyl halides is 6. The van der Waals surface area contributed by atoms with E-state index in [0.717, 1.165) is 19.1 Å². The molecule has 2 atom stereocenters. The van der Waals surface area contributed by atoms with Crippen LogP contribution < -0.4 is 0 Å². The van der Waals surface area contributed by atoms with Gasteiger partial charge in [0, 0.05) is 29.4 Å². The van der Waals surface area contributed by atoms with E-state index < -0.39 is 42.0 Å². The van der Waals surface area contributed by atoms with Gasteiger partial charge in [0.1, 0.15) is 5.78 Å². The number of hydrogen-bond acceptors (Lipinski definition) is 2. The van der Waals surface area contributed by atoms with Gasteiger partial charge in [0.05, 0.1) is 17.2 Å². The Morgan fingerprint density at radius 3 is 2.14 bits per heavy atom. The molecule has 0 aliphatic carbocycles. The summed E-state index contributed by atoms with van der Waals surface area (Å²) in [5, 5.41) is 0. The number of Topliss-reactive ketones (excluding diaryl/α,β-unsaturated/α-hetero) is 1. The van der Waals surface area contributed by atoms with Crippen LogP contribution in [0.3, 0.4) is 0 Å². The molecule has 0 saturated heterocycles. The van der Waals surface area contributed by atoms with E-state index in [1.807, 2.05) is 0 Å². The molecule has 1 aromatic heterocycles. The maximum atomic E-state index is 12.8. The quantitative estimate of drug-likeness (QED) is 0.451. The zero-order valence-electron chi connectivity index (χ0n) is 14.6. The molecule has 1 heterocycles. The molecule has 0 N–H and O–H groups in total. The number of halogens is 7. The molecule has 2 aromatic rings. The Hall–Kier alpha value is -1.90. The molecule has 9 heteroatoms. The molecule has 0 spiro atoms. The van der Waals surface area contributed by atoms with Crippen LogP contribution in [0.15, 0.2) is 47.1 Å². The normalized spacial score (nSPS) is 14.6. The van der Waals surface area contributed by atoms with E-state index >= 15 is 0 Å². The lowest BCUT2D eigenvalue weighted by Crippen LogP contribution is -2.23. The van der Waals surface area contributed by atoms with Crippen molar-refractivity contribution in [3.63, 3.8) is 0 Å². The monoisotopic (exact) mass is 467 g/mol. The van der Waals surface area contributed by atoms with Crippen LogP contribution in [0.25, 0.3) is 0 Å². The zero-order chi connectivity index (χ0) is 21.1. The maximum absolute atomic E-state index is 12.8. The average Bonchev–Trinajstić information content (AvgIpc) is 2.59. The van der Waals surface area contributed by atoms with Crippen molar-refractivity contribution in [2.75, 3.05) is 0 Å². The second kappa shape index (κ2) is 8.63. The molecule has 1 aromatic carbocycles. The fourth-order valence-electron chi connectivity index (χ4n) is 2.70. The van der Waals surface area contributed by atoms with E-state index in [-0.39, 0.29) is 6.42 Å². The third-order valence-electron chi connectivity index (χ3n) is 4.28. The first-order valence-electron chi connectivity index (χ1n) is 8.25. The van der Waals surface area contributed by atoms with E-state index in [2.05, 4.69) is 20.9 Å². The SMILES string of the molecule is C[C@H](CC(=O)C[C@@H](c1ccc(C(F)(F)F)cc1)c1ncccc1Br)C(F)(F)F. The smallest absolute Gasteiger partial charge is 0.300 e. The highest BCUT2D eigenvalue weighted by Crippen LogP contribution is 2.36. The Morgan fingerprint density at radius 2 is 1.64 bits per heavy atom. The maximum Gasteiger partial charge on any atom is 0.416 e. The van der Waals surface area contributed by atoms with Gasteiger partial charge in [0.25, 0.3) is 0 Å². The minimum Gasteiger partial charge on any atom is -0.300 e. The van der Waals surface area contributed by atoms with Crippen LogP contribution >= 0.6 is 15.9 Å². The second-order valence-corrected chi connectivity index (χ2v) is 7.29. The van der Waals surface area contributed by atoms with Gasteiger partial charge in [0.15, 0.2) is 0 Å². The van der Waals surface area contributed by atoms with Crippen molar-refractivity contribution in [3.05, 3.63) is 63.9 Å². The Morgan fingerprint density at radius 1 is 1.04 bits per heavy atom. The minimum absolute atomic E-state index is 0.304. The molecule has 0 bridgehead atoms. The number of nitrogens with zero attached hydrogens (tertiary/aromatic N) is 1. The van der Waals surface area contributed by atoms with E-state index in [1.54, 1.807) is 12.1 Å². The van der Waals surface area contributed by atoms with Crippen molar-refractivity contribution < 1.29 is 31.1 Å². The number of benzene rings is 1. The first kappa shape index (κ1) is 22.4. The Bertz CT molecular complexity index is 816. The lowest BCUT2D eigenvalue weighted by atomic mass is 9.87. The van der Waals surface area contributed by atoms with Gasteiger partial charge in [-0.25, -0.2) is 0 Å². The summed E-state index contributed by atoms with van der Waals surface area (Å²) < 4.78 is 77.1. The van der Waals surface area contributed by atoms with Gasteiger partial charge in [0.2, 0.25) is 0 Å². The molecule has 0 aliphatic rings. The van der Waals surface area contributed by atoms with Crippen LogP contribution in [0.5, 0.6) is 0 Å². The highest BCUT2D eigenvalue weighted by molar-refractivity contribution is 9.10. The van der Waals surface area contributed by atoms with Gasteiger partial charge in [-0.3, -0.25) is 9.78 Å². The molecule has 0 aliphatic heterocycles. The number of rotatable bonds is 6. The van der Waals surface area contributed by atoms with E-state index in [4.69, 9.17) is 0 Å². The predicted octanol–water partition coefficient (Wildman–Crippen LogP) is 6.54. The molecule has 0 fully saturated rings. The van der Waals surface area contributed by atoms with Crippen LogP contribution in [0.4, 0.5) is 26.3 Å². The molecule has 2 nitrogen and oxygen atoms in total. The summed E-state index contributed by atoms with van der Waals surface area (Å²) in [4.78, 5) is 16.4. The van der Waals surface area contributed by atoms with Crippen LogP contribution in [-0.4, -0.2) is 16.9 Å². The molecule has 0 unspecified atom stereocenters. The number of carbonyl (C=O) groups is 1. The first-order valence-corrected chi connectivity index (χ1v) is 9.05. The van der Waals surface area contributed by atoms with Crippen molar-refractivity contribution in [2.24, 2.45) is 5.92 Å². The molecule has 0 saturated carbocycles. The third-order valence-corrected chi connectivity index (χ3v) is 4.95.